The number of nitrogen functional groups attached to an aromatic ring is 1. The first-order valence-electron chi connectivity index (χ1n) is 4.88. The number of anilines is 1. The highest BCUT2D eigenvalue weighted by molar-refractivity contribution is 9.11. The number of nitrogens with zero attached hydrogens (tertiary/aromatic N) is 2. The second kappa shape index (κ2) is 6.02. The van der Waals surface area contributed by atoms with Crippen LogP contribution in [-0.2, 0) is 10.0 Å². The second-order valence-corrected chi connectivity index (χ2v) is 7.24. The summed E-state index contributed by atoms with van der Waals surface area (Å²) in [5.41, 5.74) is 6.07. The normalized spacial score (nSPS) is 11.5. The van der Waals surface area contributed by atoms with Gasteiger partial charge >= 0.3 is 0 Å². The minimum atomic E-state index is -3.66. The van der Waals surface area contributed by atoms with E-state index < -0.39 is 10.0 Å². The number of nitriles is 1. The molecule has 0 aromatic heterocycles. The summed E-state index contributed by atoms with van der Waals surface area (Å²) in [5, 5.41) is 8.49. The quantitative estimate of drug-likeness (QED) is 0.791. The molecule has 1 aromatic carbocycles. The molecule has 0 fully saturated rings. The van der Waals surface area contributed by atoms with Crippen LogP contribution >= 0.6 is 31.9 Å². The maximum Gasteiger partial charge on any atom is 0.245 e. The Morgan fingerprint density at radius 1 is 1.39 bits per heavy atom. The van der Waals surface area contributed by atoms with E-state index in [2.05, 4.69) is 31.9 Å². The topological polar surface area (TPSA) is 87.2 Å². The van der Waals surface area contributed by atoms with E-state index in [0.29, 0.717) is 14.6 Å². The van der Waals surface area contributed by atoms with Crippen molar-refractivity contribution in [2.45, 2.75) is 11.3 Å². The van der Waals surface area contributed by atoms with Gasteiger partial charge in [0.05, 0.1) is 6.07 Å². The summed E-state index contributed by atoms with van der Waals surface area (Å²) < 4.78 is 26.5. The lowest BCUT2D eigenvalue weighted by Gasteiger charge is -2.18. The Balaban J connectivity index is 3.26. The molecular weight excluding hydrogens is 386 g/mol. The average molecular weight is 397 g/mol. The standard InChI is InChI=1S/C10H11Br2N3O2S/c1-15(4-2-3-13)18(16,17)10-8(11)5-7(14)6-9(10)12/h5-6H,2,4,14H2,1H3. The number of rotatable bonds is 4. The molecule has 0 atom stereocenters. The predicted octanol–water partition coefficient (Wildman–Crippen LogP) is 2.33. The zero-order valence-electron chi connectivity index (χ0n) is 9.52. The van der Waals surface area contributed by atoms with Crippen LogP contribution in [0.25, 0.3) is 0 Å². The molecule has 5 nitrogen and oxygen atoms in total. The minimum Gasteiger partial charge on any atom is -0.399 e. The maximum absolute atomic E-state index is 12.3. The number of sulfonamides is 1. The van der Waals surface area contributed by atoms with E-state index in [1.165, 1.54) is 19.2 Å². The molecule has 0 unspecified atom stereocenters. The molecule has 0 aliphatic heterocycles. The Labute approximate surface area is 123 Å². The summed E-state index contributed by atoms with van der Waals surface area (Å²) in [5.74, 6) is 0. The van der Waals surface area contributed by atoms with Crippen LogP contribution in [0, 0.1) is 11.3 Å². The van der Waals surface area contributed by atoms with Crippen LogP contribution in [0.3, 0.4) is 0 Å². The van der Waals surface area contributed by atoms with Crippen LogP contribution in [-0.4, -0.2) is 26.3 Å². The first kappa shape index (κ1) is 15.4. The fourth-order valence-corrected chi connectivity index (χ4v) is 5.01. The van der Waals surface area contributed by atoms with Gasteiger partial charge in [0.25, 0.3) is 0 Å². The lowest BCUT2D eigenvalue weighted by molar-refractivity contribution is 0.475. The molecule has 0 radical (unpaired) electrons. The molecule has 0 heterocycles. The number of hydrogen-bond donors (Lipinski definition) is 1. The van der Waals surface area contributed by atoms with Crippen molar-refractivity contribution in [2.75, 3.05) is 19.3 Å². The SMILES string of the molecule is CN(CCC#N)S(=O)(=O)c1c(Br)cc(N)cc1Br. The van der Waals surface area contributed by atoms with Crippen molar-refractivity contribution in [3.8, 4) is 6.07 Å². The molecule has 18 heavy (non-hydrogen) atoms. The van der Waals surface area contributed by atoms with Gasteiger partial charge < -0.3 is 5.73 Å². The number of halogens is 2. The second-order valence-electron chi connectivity index (χ2n) is 3.55. The van der Waals surface area contributed by atoms with E-state index in [0.717, 1.165) is 4.31 Å². The predicted molar refractivity (Wildman–Crippen MR) is 76.3 cm³/mol. The molecule has 2 N–H and O–H groups in total. The molecule has 1 rings (SSSR count). The summed E-state index contributed by atoms with van der Waals surface area (Å²) in [6.07, 6.45) is 0.139. The first-order chi connectivity index (χ1) is 8.30. The van der Waals surface area contributed by atoms with Crippen molar-refractivity contribution in [3.05, 3.63) is 21.1 Å². The summed E-state index contributed by atoms with van der Waals surface area (Å²) in [4.78, 5) is 0.108. The Morgan fingerprint density at radius 2 is 1.89 bits per heavy atom. The van der Waals surface area contributed by atoms with Gasteiger partial charge in [-0.1, -0.05) is 0 Å². The van der Waals surface area contributed by atoms with E-state index >= 15 is 0 Å². The third kappa shape index (κ3) is 3.23. The summed E-state index contributed by atoms with van der Waals surface area (Å²) in [7, 11) is -2.22. The highest BCUT2D eigenvalue weighted by Crippen LogP contribution is 2.33. The van der Waals surface area contributed by atoms with Gasteiger partial charge in [-0.2, -0.15) is 9.57 Å². The van der Waals surface area contributed by atoms with Gasteiger partial charge in [-0.05, 0) is 44.0 Å². The van der Waals surface area contributed by atoms with Crippen molar-refractivity contribution in [1.29, 1.82) is 5.26 Å². The molecule has 0 spiro atoms. The fourth-order valence-electron chi connectivity index (χ4n) is 1.31. The zero-order chi connectivity index (χ0) is 13.9. The van der Waals surface area contributed by atoms with Crippen LogP contribution in [0.1, 0.15) is 6.42 Å². The molecule has 0 saturated heterocycles. The Kier molecular flexibility index (Phi) is 5.16. The molecule has 0 bridgehead atoms. The highest BCUT2D eigenvalue weighted by atomic mass is 79.9. The van der Waals surface area contributed by atoms with Crippen molar-refractivity contribution < 1.29 is 8.42 Å². The maximum atomic E-state index is 12.3. The lowest BCUT2D eigenvalue weighted by atomic mass is 10.3. The monoisotopic (exact) mass is 395 g/mol. The third-order valence-electron chi connectivity index (χ3n) is 2.23. The van der Waals surface area contributed by atoms with Crippen molar-refractivity contribution in [1.82, 2.24) is 4.31 Å². The molecule has 8 heteroatoms. The molecule has 0 saturated carbocycles. The van der Waals surface area contributed by atoms with E-state index in [9.17, 15) is 8.42 Å². The van der Waals surface area contributed by atoms with Gasteiger partial charge in [-0.15, -0.1) is 0 Å². The largest absolute Gasteiger partial charge is 0.399 e. The third-order valence-corrected chi connectivity index (χ3v) is 5.96. The number of hydrogen-bond acceptors (Lipinski definition) is 4. The molecule has 1 aromatic rings. The van der Waals surface area contributed by atoms with Gasteiger partial charge in [-0.3, -0.25) is 0 Å². The van der Waals surface area contributed by atoms with Gasteiger partial charge in [0, 0.05) is 34.6 Å². The molecule has 0 aliphatic rings. The van der Waals surface area contributed by atoms with E-state index in [-0.39, 0.29) is 17.9 Å². The van der Waals surface area contributed by atoms with Crippen molar-refractivity contribution >= 4 is 47.6 Å². The lowest BCUT2D eigenvalue weighted by Crippen LogP contribution is -2.28. The van der Waals surface area contributed by atoms with Crippen molar-refractivity contribution in [3.63, 3.8) is 0 Å². The van der Waals surface area contributed by atoms with Crippen LogP contribution < -0.4 is 5.73 Å². The molecule has 98 valence electrons. The van der Waals surface area contributed by atoms with Crippen LogP contribution in [0.2, 0.25) is 0 Å². The molecule has 0 aliphatic carbocycles. The minimum absolute atomic E-state index is 0.108. The molecular formula is C10H11Br2N3O2S. The highest BCUT2D eigenvalue weighted by Gasteiger charge is 2.26. The zero-order valence-corrected chi connectivity index (χ0v) is 13.5. The van der Waals surface area contributed by atoms with Gasteiger partial charge in [0.2, 0.25) is 10.0 Å². The van der Waals surface area contributed by atoms with E-state index in [4.69, 9.17) is 11.0 Å². The fraction of sp³-hybridized carbons (Fsp3) is 0.300. The smallest absolute Gasteiger partial charge is 0.245 e. The van der Waals surface area contributed by atoms with Crippen LogP contribution in [0.15, 0.2) is 26.0 Å². The summed E-state index contributed by atoms with van der Waals surface area (Å²) in [6.45, 7) is 0.141. The van der Waals surface area contributed by atoms with Gasteiger partial charge in [0.1, 0.15) is 4.90 Å². The van der Waals surface area contributed by atoms with Crippen LogP contribution in [0.5, 0.6) is 0 Å². The van der Waals surface area contributed by atoms with E-state index in [1.54, 1.807) is 0 Å². The van der Waals surface area contributed by atoms with Gasteiger partial charge in [0.15, 0.2) is 0 Å². The Bertz CT molecular complexity index is 573. The average Bonchev–Trinajstić information content (AvgIpc) is 2.23. The summed E-state index contributed by atoms with van der Waals surface area (Å²) in [6, 6.07) is 4.96. The number of nitrogens with two attached hydrogens (primary N) is 1. The van der Waals surface area contributed by atoms with Gasteiger partial charge in [-0.25, -0.2) is 8.42 Å². The molecule has 0 amide bonds. The number of benzene rings is 1. The Morgan fingerprint density at radius 3 is 2.33 bits per heavy atom. The van der Waals surface area contributed by atoms with E-state index in [1.807, 2.05) is 6.07 Å². The van der Waals surface area contributed by atoms with Crippen molar-refractivity contribution in [2.24, 2.45) is 0 Å². The first-order valence-corrected chi connectivity index (χ1v) is 7.91. The Hall–Kier alpha value is -0.620. The summed E-state index contributed by atoms with van der Waals surface area (Å²) >= 11 is 6.38. The van der Waals surface area contributed by atoms with Crippen LogP contribution in [0.4, 0.5) is 5.69 Å².